The number of carbonyl (C=O) groups is 1. The van der Waals surface area contributed by atoms with Crippen LogP contribution in [0.2, 0.25) is 5.02 Å². The number of fused-ring (bicyclic) bond motifs is 2. The second kappa shape index (κ2) is 9.62. The van der Waals surface area contributed by atoms with Crippen LogP contribution in [0.15, 0.2) is 68.4 Å². The Bertz CT molecular complexity index is 1420. The summed E-state index contributed by atoms with van der Waals surface area (Å²) < 4.78 is 17.4. The van der Waals surface area contributed by atoms with E-state index in [1.807, 2.05) is 31.2 Å². The van der Waals surface area contributed by atoms with Gasteiger partial charge in [0.1, 0.15) is 17.1 Å². The zero-order chi connectivity index (χ0) is 24.5. The average molecular weight is 492 g/mol. The lowest BCUT2D eigenvalue weighted by molar-refractivity contribution is 0.0701. The van der Waals surface area contributed by atoms with E-state index in [4.69, 9.17) is 25.2 Å². The van der Waals surface area contributed by atoms with Gasteiger partial charge in [-0.2, -0.15) is 0 Å². The maximum Gasteiger partial charge on any atom is 0.291 e. The fourth-order valence-electron chi connectivity index (χ4n) is 4.51. The minimum absolute atomic E-state index is 0.0562. The lowest BCUT2D eigenvalue weighted by Crippen LogP contribution is -2.29. The topological polar surface area (TPSA) is 72.9 Å². The Balaban J connectivity index is 1.58. The van der Waals surface area contributed by atoms with Gasteiger partial charge in [0.25, 0.3) is 5.91 Å². The van der Waals surface area contributed by atoms with Gasteiger partial charge in [-0.25, -0.2) is 0 Å². The summed E-state index contributed by atoms with van der Waals surface area (Å²) in [4.78, 5) is 28.8. The molecule has 4 aromatic rings. The van der Waals surface area contributed by atoms with Crippen LogP contribution in [0.3, 0.4) is 0 Å². The molecule has 2 aromatic heterocycles. The number of hydrogen-bond acceptors (Lipinski definition) is 5. The fraction of sp³-hybridized carbons (Fsp3) is 0.286. The molecule has 0 spiro atoms. The van der Waals surface area contributed by atoms with Crippen molar-refractivity contribution >= 4 is 28.5 Å². The molecule has 0 aliphatic carbocycles. The van der Waals surface area contributed by atoms with E-state index in [1.54, 1.807) is 35.4 Å². The minimum atomic E-state index is -0.627. The second-order valence-electron chi connectivity index (χ2n) is 8.81. The van der Waals surface area contributed by atoms with Gasteiger partial charge in [0.15, 0.2) is 5.43 Å². The van der Waals surface area contributed by atoms with Crippen LogP contribution in [0.25, 0.3) is 11.0 Å². The van der Waals surface area contributed by atoms with E-state index < -0.39 is 6.04 Å². The fourth-order valence-corrected chi connectivity index (χ4v) is 4.67. The monoisotopic (exact) mass is 491 g/mol. The molecule has 0 radical (unpaired) electrons. The van der Waals surface area contributed by atoms with E-state index in [1.165, 1.54) is 0 Å². The Morgan fingerprint density at radius 3 is 2.60 bits per heavy atom. The molecule has 1 aliphatic rings. The van der Waals surface area contributed by atoms with E-state index in [0.717, 1.165) is 36.1 Å². The number of halogens is 1. The van der Waals surface area contributed by atoms with Gasteiger partial charge < -0.3 is 18.5 Å². The predicted molar refractivity (Wildman–Crippen MR) is 134 cm³/mol. The van der Waals surface area contributed by atoms with Crippen LogP contribution in [0.1, 0.15) is 65.2 Å². The van der Waals surface area contributed by atoms with Gasteiger partial charge in [0, 0.05) is 5.02 Å². The first kappa shape index (κ1) is 23.2. The van der Waals surface area contributed by atoms with Crippen molar-refractivity contribution < 1.29 is 18.4 Å². The minimum Gasteiger partial charge on any atom is -0.494 e. The number of benzene rings is 2. The zero-order valence-electron chi connectivity index (χ0n) is 19.7. The molecule has 0 saturated heterocycles. The molecular weight excluding hydrogens is 466 g/mol. The van der Waals surface area contributed by atoms with Crippen molar-refractivity contribution in [1.29, 1.82) is 0 Å². The summed E-state index contributed by atoms with van der Waals surface area (Å²) in [6.07, 6.45) is 4.81. The molecular formula is C28H26ClNO5. The van der Waals surface area contributed by atoms with Gasteiger partial charge in [0.2, 0.25) is 5.76 Å². The summed E-state index contributed by atoms with van der Waals surface area (Å²) in [5.74, 6) is 1.07. The Hall–Kier alpha value is -3.51. The third-order valence-electron chi connectivity index (χ3n) is 6.37. The largest absolute Gasteiger partial charge is 0.494 e. The second-order valence-corrected chi connectivity index (χ2v) is 9.22. The summed E-state index contributed by atoms with van der Waals surface area (Å²) in [5.41, 5.74) is 1.95. The molecule has 0 bridgehead atoms. The van der Waals surface area contributed by atoms with Crippen LogP contribution in [-0.4, -0.2) is 17.4 Å². The lowest BCUT2D eigenvalue weighted by Gasteiger charge is -2.24. The van der Waals surface area contributed by atoms with Crippen LogP contribution in [0.5, 0.6) is 5.75 Å². The van der Waals surface area contributed by atoms with Gasteiger partial charge in [-0.1, -0.05) is 43.5 Å². The summed E-state index contributed by atoms with van der Waals surface area (Å²) in [7, 11) is 0. The molecule has 2 aromatic carbocycles. The number of carbonyl (C=O) groups excluding carboxylic acids is 1. The van der Waals surface area contributed by atoms with Gasteiger partial charge >= 0.3 is 0 Å². The smallest absolute Gasteiger partial charge is 0.291 e. The molecule has 6 nitrogen and oxygen atoms in total. The predicted octanol–water partition coefficient (Wildman–Crippen LogP) is 6.66. The number of ether oxygens (including phenoxy) is 1. The van der Waals surface area contributed by atoms with Gasteiger partial charge in [-0.3, -0.25) is 9.59 Å². The number of amides is 1. The van der Waals surface area contributed by atoms with E-state index in [2.05, 4.69) is 6.92 Å². The first-order valence-corrected chi connectivity index (χ1v) is 12.2. The van der Waals surface area contributed by atoms with Crippen LogP contribution in [-0.2, 0) is 6.54 Å². The van der Waals surface area contributed by atoms with Gasteiger partial charge in [-0.05, 0) is 60.9 Å². The van der Waals surface area contributed by atoms with E-state index in [0.29, 0.717) is 33.9 Å². The molecule has 1 aliphatic heterocycles. The van der Waals surface area contributed by atoms with Crippen molar-refractivity contribution in [2.45, 2.75) is 45.7 Å². The van der Waals surface area contributed by atoms with E-state index in [-0.39, 0.29) is 23.6 Å². The third-order valence-corrected chi connectivity index (χ3v) is 6.77. The quantitative estimate of drug-likeness (QED) is 0.257. The molecule has 3 heterocycles. The number of unbranched alkanes of at least 4 members (excludes halogenated alkanes) is 2. The van der Waals surface area contributed by atoms with Crippen molar-refractivity contribution in [3.63, 3.8) is 0 Å². The molecule has 1 unspecified atom stereocenters. The highest BCUT2D eigenvalue weighted by Gasteiger charge is 2.43. The average Bonchev–Trinajstić information content (AvgIpc) is 3.46. The van der Waals surface area contributed by atoms with Gasteiger partial charge in [0.05, 0.1) is 36.4 Å². The number of furan rings is 1. The summed E-state index contributed by atoms with van der Waals surface area (Å²) in [6.45, 7) is 4.83. The molecule has 0 saturated carbocycles. The molecule has 1 amide bonds. The highest BCUT2D eigenvalue weighted by atomic mass is 35.5. The molecule has 0 fully saturated rings. The van der Waals surface area contributed by atoms with Crippen molar-refractivity contribution in [3.05, 3.63) is 98.3 Å². The number of hydrogen-bond donors (Lipinski definition) is 0. The van der Waals surface area contributed by atoms with Crippen LogP contribution < -0.4 is 10.2 Å². The molecule has 7 heteroatoms. The first-order valence-electron chi connectivity index (χ1n) is 11.8. The summed E-state index contributed by atoms with van der Waals surface area (Å²) in [5, 5.41) is 0.829. The maximum absolute atomic E-state index is 13.7. The molecule has 180 valence electrons. The first-order chi connectivity index (χ1) is 17.0. The van der Waals surface area contributed by atoms with Crippen molar-refractivity contribution in [2.75, 3.05) is 6.61 Å². The van der Waals surface area contributed by atoms with Crippen molar-refractivity contribution in [3.8, 4) is 5.75 Å². The van der Waals surface area contributed by atoms with E-state index >= 15 is 0 Å². The Labute approximate surface area is 208 Å². The lowest BCUT2D eigenvalue weighted by atomic mass is 9.98. The number of aryl methyl sites for hydroxylation is 1. The maximum atomic E-state index is 13.7. The Kier molecular flexibility index (Phi) is 6.39. The normalized spacial score (nSPS) is 15.1. The SMILES string of the molecule is CCCCCOc1ccc(C2c3c(oc4cc(C)c(Cl)cc4c3=O)C(=O)N2Cc2ccco2)cc1. The molecule has 0 N–H and O–H groups in total. The standard InChI is InChI=1S/C28H26ClNO5/c1-3-4-5-12-33-19-10-8-18(9-11-19)25-24-26(31)21-15-22(29)17(2)14-23(21)35-27(24)28(32)30(25)16-20-7-6-13-34-20/h6-11,13-15,25H,3-5,12,16H2,1-2H3. The summed E-state index contributed by atoms with van der Waals surface area (Å²) >= 11 is 6.31. The molecule has 5 rings (SSSR count). The number of nitrogens with zero attached hydrogens (tertiary/aromatic N) is 1. The van der Waals surface area contributed by atoms with Gasteiger partial charge in [-0.15, -0.1) is 0 Å². The Morgan fingerprint density at radius 1 is 1.09 bits per heavy atom. The zero-order valence-corrected chi connectivity index (χ0v) is 20.4. The van der Waals surface area contributed by atoms with Crippen molar-refractivity contribution in [1.82, 2.24) is 4.90 Å². The summed E-state index contributed by atoms with van der Waals surface area (Å²) in [6, 6.07) is 13.8. The van der Waals surface area contributed by atoms with Crippen LogP contribution in [0, 0.1) is 6.92 Å². The van der Waals surface area contributed by atoms with Crippen LogP contribution >= 0.6 is 11.6 Å². The highest BCUT2D eigenvalue weighted by Crippen LogP contribution is 2.40. The highest BCUT2D eigenvalue weighted by molar-refractivity contribution is 6.32. The number of rotatable bonds is 8. The molecule has 35 heavy (non-hydrogen) atoms. The molecule has 1 atom stereocenters. The van der Waals surface area contributed by atoms with Crippen molar-refractivity contribution in [2.24, 2.45) is 0 Å². The Morgan fingerprint density at radius 2 is 1.89 bits per heavy atom. The van der Waals surface area contributed by atoms with E-state index in [9.17, 15) is 9.59 Å². The van der Waals surface area contributed by atoms with Crippen LogP contribution in [0.4, 0.5) is 0 Å². The third kappa shape index (κ3) is 4.34.